The van der Waals surface area contributed by atoms with E-state index in [9.17, 15) is 4.79 Å². The number of amides is 1. The molecule has 5 nitrogen and oxygen atoms in total. The summed E-state index contributed by atoms with van der Waals surface area (Å²) in [4.78, 5) is 20.9. The Balaban J connectivity index is 2.45. The number of hydrogen-bond acceptors (Lipinski definition) is 4. The number of carbonyl (C=O) groups is 1. The summed E-state index contributed by atoms with van der Waals surface area (Å²) in [5, 5.41) is 0.987. The second kappa shape index (κ2) is 8.81. The maximum absolute atomic E-state index is 12.4. The fraction of sp³-hybridized carbons (Fsp3) is 0.500. The molecule has 0 N–H and O–H groups in total. The van der Waals surface area contributed by atoms with Crippen LogP contribution < -0.4 is 4.74 Å². The predicted molar refractivity (Wildman–Crippen MR) is 102 cm³/mol. The van der Waals surface area contributed by atoms with E-state index in [4.69, 9.17) is 4.74 Å². The standard InChI is InChI=1S/C20H29N3O2/c1-6-22(7-2)15(5)17-13-16-11-10-12-21-19(16)18(14-17)25-20(24)23(8-3)9-4/h10-15H,6-9H2,1-5H3. The predicted octanol–water partition coefficient (Wildman–Crippen LogP) is 4.48. The molecule has 1 amide bonds. The Morgan fingerprint density at radius 3 is 2.40 bits per heavy atom. The van der Waals surface area contributed by atoms with Crippen LogP contribution in [0.4, 0.5) is 4.79 Å². The van der Waals surface area contributed by atoms with Crippen molar-refractivity contribution < 1.29 is 9.53 Å². The SMILES string of the molecule is CCN(CC)C(=O)Oc1cc(C(C)N(CC)CC)cc2cccnc12. The Hall–Kier alpha value is -2.14. The molecule has 0 radical (unpaired) electrons. The summed E-state index contributed by atoms with van der Waals surface area (Å²) >= 11 is 0. The molecule has 0 aliphatic carbocycles. The summed E-state index contributed by atoms with van der Waals surface area (Å²) < 4.78 is 5.72. The third-order valence-electron chi connectivity index (χ3n) is 4.75. The maximum atomic E-state index is 12.4. The number of nitrogens with zero attached hydrogens (tertiary/aromatic N) is 3. The van der Waals surface area contributed by atoms with Crippen LogP contribution in [0, 0.1) is 0 Å². The summed E-state index contributed by atoms with van der Waals surface area (Å²) in [6.45, 7) is 13.6. The van der Waals surface area contributed by atoms with Gasteiger partial charge >= 0.3 is 6.09 Å². The first-order valence-electron chi connectivity index (χ1n) is 9.15. The quantitative estimate of drug-likeness (QED) is 0.744. The first-order valence-corrected chi connectivity index (χ1v) is 9.15. The number of ether oxygens (including phenoxy) is 1. The lowest BCUT2D eigenvalue weighted by Crippen LogP contribution is -2.33. The molecule has 25 heavy (non-hydrogen) atoms. The van der Waals surface area contributed by atoms with Crippen molar-refractivity contribution >= 4 is 17.0 Å². The van der Waals surface area contributed by atoms with E-state index < -0.39 is 0 Å². The number of fused-ring (bicyclic) bond motifs is 1. The molecule has 2 rings (SSSR count). The maximum Gasteiger partial charge on any atom is 0.415 e. The molecule has 0 saturated carbocycles. The molecule has 0 spiro atoms. The number of aromatic nitrogens is 1. The zero-order chi connectivity index (χ0) is 18.4. The molecule has 0 aliphatic rings. The largest absolute Gasteiger partial charge is 0.415 e. The molecule has 1 atom stereocenters. The molecule has 1 unspecified atom stereocenters. The normalized spacial score (nSPS) is 12.4. The Morgan fingerprint density at radius 2 is 1.80 bits per heavy atom. The lowest BCUT2D eigenvalue weighted by molar-refractivity contribution is 0.157. The topological polar surface area (TPSA) is 45.7 Å². The van der Waals surface area contributed by atoms with Crippen LogP contribution in [0.5, 0.6) is 5.75 Å². The first-order chi connectivity index (χ1) is 12.0. The Morgan fingerprint density at radius 1 is 1.12 bits per heavy atom. The molecule has 0 fully saturated rings. The van der Waals surface area contributed by atoms with Gasteiger partial charge in [-0.05, 0) is 57.6 Å². The van der Waals surface area contributed by atoms with Crippen LogP contribution in [-0.4, -0.2) is 47.1 Å². The minimum atomic E-state index is -0.329. The Bertz CT molecular complexity index is 709. The van der Waals surface area contributed by atoms with Crippen LogP contribution in [0.2, 0.25) is 0 Å². The van der Waals surface area contributed by atoms with E-state index in [-0.39, 0.29) is 12.1 Å². The van der Waals surface area contributed by atoms with Crippen LogP contribution in [0.15, 0.2) is 30.5 Å². The molecule has 2 aromatic rings. The minimum absolute atomic E-state index is 0.241. The number of benzene rings is 1. The van der Waals surface area contributed by atoms with Crippen LogP contribution in [-0.2, 0) is 0 Å². The summed E-state index contributed by atoms with van der Waals surface area (Å²) in [6.07, 6.45) is 1.40. The van der Waals surface area contributed by atoms with Gasteiger partial charge in [-0.25, -0.2) is 4.79 Å². The summed E-state index contributed by atoms with van der Waals surface area (Å²) in [6, 6.07) is 8.25. The van der Waals surface area contributed by atoms with Gasteiger partial charge in [-0.3, -0.25) is 9.88 Å². The van der Waals surface area contributed by atoms with E-state index in [1.165, 1.54) is 0 Å². The smallest absolute Gasteiger partial charge is 0.408 e. The highest BCUT2D eigenvalue weighted by atomic mass is 16.6. The molecule has 1 heterocycles. The summed E-state index contributed by atoms with van der Waals surface area (Å²) in [7, 11) is 0. The van der Waals surface area contributed by atoms with Crippen molar-refractivity contribution in [1.82, 2.24) is 14.8 Å². The second-order valence-electron chi connectivity index (χ2n) is 6.03. The lowest BCUT2D eigenvalue weighted by atomic mass is 10.0. The highest BCUT2D eigenvalue weighted by Crippen LogP contribution is 2.31. The third-order valence-corrected chi connectivity index (χ3v) is 4.75. The van der Waals surface area contributed by atoms with Gasteiger partial charge in [0.15, 0.2) is 5.75 Å². The first kappa shape index (κ1) is 19.2. The van der Waals surface area contributed by atoms with Crippen LogP contribution >= 0.6 is 0 Å². The van der Waals surface area contributed by atoms with Gasteiger partial charge in [-0.1, -0.05) is 19.9 Å². The van der Waals surface area contributed by atoms with Crippen LogP contribution in [0.25, 0.3) is 10.9 Å². The average Bonchev–Trinajstić information content (AvgIpc) is 2.63. The lowest BCUT2D eigenvalue weighted by Gasteiger charge is -2.27. The van der Waals surface area contributed by atoms with E-state index in [2.05, 4.69) is 36.7 Å². The van der Waals surface area contributed by atoms with Gasteiger partial charge in [-0.2, -0.15) is 0 Å². The van der Waals surface area contributed by atoms with E-state index in [1.807, 2.05) is 32.0 Å². The number of carbonyl (C=O) groups excluding carboxylic acids is 1. The van der Waals surface area contributed by atoms with Gasteiger partial charge < -0.3 is 9.64 Å². The molecule has 1 aromatic carbocycles. The van der Waals surface area contributed by atoms with Crippen molar-refractivity contribution in [2.45, 2.75) is 40.7 Å². The zero-order valence-electron chi connectivity index (χ0n) is 16.0. The average molecular weight is 343 g/mol. The van der Waals surface area contributed by atoms with E-state index in [1.54, 1.807) is 11.1 Å². The van der Waals surface area contributed by atoms with E-state index in [0.717, 1.165) is 29.6 Å². The van der Waals surface area contributed by atoms with Gasteiger partial charge in [0.25, 0.3) is 0 Å². The van der Waals surface area contributed by atoms with Crippen LogP contribution in [0.3, 0.4) is 0 Å². The van der Waals surface area contributed by atoms with Crippen LogP contribution in [0.1, 0.15) is 46.2 Å². The van der Waals surface area contributed by atoms with Gasteiger partial charge in [0, 0.05) is 30.7 Å². The number of rotatable bonds is 7. The molecule has 0 aliphatic heterocycles. The molecule has 0 bridgehead atoms. The molecular weight excluding hydrogens is 314 g/mol. The van der Waals surface area contributed by atoms with Crippen molar-refractivity contribution in [3.05, 3.63) is 36.0 Å². The fourth-order valence-electron chi connectivity index (χ4n) is 3.12. The third kappa shape index (κ3) is 4.28. The summed E-state index contributed by atoms with van der Waals surface area (Å²) in [5.74, 6) is 0.531. The fourth-order valence-corrected chi connectivity index (χ4v) is 3.12. The van der Waals surface area contributed by atoms with E-state index in [0.29, 0.717) is 18.8 Å². The van der Waals surface area contributed by atoms with Crippen molar-refractivity contribution in [1.29, 1.82) is 0 Å². The summed E-state index contributed by atoms with van der Waals surface area (Å²) in [5.41, 5.74) is 1.85. The van der Waals surface area contributed by atoms with Crippen molar-refractivity contribution in [3.8, 4) is 5.75 Å². The van der Waals surface area contributed by atoms with Gasteiger partial charge in [0.05, 0.1) is 0 Å². The highest BCUT2D eigenvalue weighted by Gasteiger charge is 2.19. The monoisotopic (exact) mass is 343 g/mol. The number of hydrogen-bond donors (Lipinski definition) is 0. The highest BCUT2D eigenvalue weighted by molar-refractivity contribution is 5.87. The Labute approximate surface area is 150 Å². The van der Waals surface area contributed by atoms with Gasteiger partial charge in [0.2, 0.25) is 0 Å². The van der Waals surface area contributed by atoms with Crippen molar-refractivity contribution in [2.75, 3.05) is 26.2 Å². The second-order valence-corrected chi connectivity index (χ2v) is 6.03. The van der Waals surface area contributed by atoms with Crippen molar-refractivity contribution in [3.63, 3.8) is 0 Å². The van der Waals surface area contributed by atoms with Crippen molar-refractivity contribution in [2.24, 2.45) is 0 Å². The molecule has 0 saturated heterocycles. The van der Waals surface area contributed by atoms with E-state index >= 15 is 0 Å². The molecular formula is C20H29N3O2. The number of pyridine rings is 1. The van der Waals surface area contributed by atoms with Gasteiger partial charge in [-0.15, -0.1) is 0 Å². The van der Waals surface area contributed by atoms with Gasteiger partial charge in [0.1, 0.15) is 5.52 Å². The molecule has 1 aromatic heterocycles. The Kier molecular flexibility index (Phi) is 6.76. The molecule has 136 valence electrons. The minimum Gasteiger partial charge on any atom is -0.408 e. The molecule has 5 heteroatoms. The zero-order valence-corrected chi connectivity index (χ0v) is 16.0.